The van der Waals surface area contributed by atoms with Crippen molar-refractivity contribution in [1.29, 1.82) is 0 Å². The highest BCUT2D eigenvalue weighted by Gasteiger charge is 2.26. The molecule has 0 fully saturated rings. The molecule has 190 valence electrons. The number of hydrogen-bond acceptors (Lipinski definition) is 6. The van der Waals surface area contributed by atoms with Gasteiger partial charge in [-0.1, -0.05) is 53.5 Å². The predicted molar refractivity (Wildman–Crippen MR) is 142 cm³/mol. The number of benzene rings is 2. The second kappa shape index (κ2) is 13.3. The van der Waals surface area contributed by atoms with E-state index in [1.54, 1.807) is 32.0 Å². The summed E-state index contributed by atoms with van der Waals surface area (Å²) >= 11 is 13.0. The fourth-order valence-corrected chi connectivity index (χ4v) is 4.91. The van der Waals surface area contributed by atoms with E-state index in [9.17, 15) is 14.4 Å². The molecular weight excluding hydrogens is 523 g/mol. The molecule has 0 saturated carbocycles. The SMILES string of the molecule is CCOC(=O)c1c(NC(=O)CCCOc2ccc(Cl)cc2Cl)sc(C(=O)NCc2ccccc2)c1C. The van der Waals surface area contributed by atoms with Gasteiger partial charge < -0.3 is 20.1 Å². The Morgan fingerprint density at radius 3 is 2.50 bits per heavy atom. The molecule has 0 aliphatic carbocycles. The lowest BCUT2D eigenvalue weighted by Gasteiger charge is -2.09. The van der Waals surface area contributed by atoms with Crippen molar-refractivity contribution in [3.8, 4) is 5.75 Å². The van der Waals surface area contributed by atoms with Gasteiger partial charge in [-0.2, -0.15) is 0 Å². The third-order valence-corrected chi connectivity index (χ3v) is 6.82. The first-order chi connectivity index (χ1) is 17.3. The maximum absolute atomic E-state index is 12.9. The molecule has 3 aromatic rings. The van der Waals surface area contributed by atoms with E-state index in [1.807, 2.05) is 30.3 Å². The Morgan fingerprint density at radius 2 is 1.81 bits per heavy atom. The van der Waals surface area contributed by atoms with Crippen LogP contribution in [0.15, 0.2) is 48.5 Å². The molecule has 3 rings (SSSR count). The van der Waals surface area contributed by atoms with E-state index in [0.29, 0.717) is 39.2 Å². The molecule has 2 amide bonds. The van der Waals surface area contributed by atoms with Crippen molar-refractivity contribution in [2.75, 3.05) is 18.5 Å². The number of carbonyl (C=O) groups excluding carboxylic acids is 3. The monoisotopic (exact) mass is 548 g/mol. The van der Waals surface area contributed by atoms with Gasteiger partial charge in [0.25, 0.3) is 5.91 Å². The predicted octanol–water partition coefficient (Wildman–Crippen LogP) is 6.27. The number of halogens is 2. The van der Waals surface area contributed by atoms with Gasteiger partial charge in [0.2, 0.25) is 5.91 Å². The van der Waals surface area contributed by atoms with Gasteiger partial charge in [0, 0.05) is 18.0 Å². The molecule has 2 aromatic carbocycles. The van der Waals surface area contributed by atoms with E-state index >= 15 is 0 Å². The summed E-state index contributed by atoms with van der Waals surface area (Å²) in [6, 6.07) is 14.4. The third-order valence-electron chi connectivity index (χ3n) is 5.08. The normalized spacial score (nSPS) is 10.6. The maximum Gasteiger partial charge on any atom is 0.341 e. The highest BCUT2D eigenvalue weighted by atomic mass is 35.5. The van der Waals surface area contributed by atoms with Crippen molar-refractivity contribution in [2.45, 2.75) is 33.2 Å². The van der Waals surface area contributed by atoms with Crippen LogP contribution in [0.4, 0.5) is 5.00 Å². The molecule has 36 heavy (non-hydrogen) atoms. The van der Waals surface area contributed by atoms with Crippen LogP contribution in [0.25, 0.3) is 0 Å². The van der Waals surface area contributed by atoms with Gasteiger partial charge in [-0.15, -0.1) is 11.3 Å². The summed E-state index contributed by atoms with van der Waals surface area (Å²) in [6.45, 7) is 4.13. The summed E-state index contributed by atoms with van der Waals surface area (Å²) in [5.74, 6) is -0.764. The molecule has 0 bridgehead atoms. The summed E-state index contributed by atoms with van der Waals surface area (Å²) in [6.07, 6.45) is 0.550. The smallest absolute Gasteiger partial charge is 0.341 e. The molecule has 1 heterocycles. The lowest BCUT2D eigenvalue weighted by Crippen LogP contribution is -2.22. The number of nitrogens with one attached hydrogen (secondary N) is 2. The van der Waals surface area contributed by atoms with Crippen LogP contribution >= 0.6 is 34.5 Å². The summed E-state index contributed by atoms with van der Waals surface area (Å²) < 4.78 is 10.8. The minimum atomic E-state index is -0.593. The van der Waals surface area contributed by atoms with Gasteiger partial charge in [-0.3, -0.25) is 9.59 Å². The summed E-state index contributed by atoms with van der Waals surface area (Å²) in [5, 5.41) is 6.78. The third kappa shape index (κ3) is 7.46. The van der Waals surface area contributed by atoms with Crippen molar-refractivity contribution in [1.82, 2.24) is 5.32 Å². The first kappa shape index (κ1) is 27.5. The van der Waals surface area contributed by atoms with E-state index in [-0.39, 0.29) is 42.0 Å². The number of esters is 1. The van der Waals surface area contributed by atoms with Crippen LogP contribution in [0.2, 0.25) is 10.0 Å². The molecule has 0 spiro atoms. The molecular formula is C26H26Cl2N2O5S. The molecule has 0 aliphatic rings. The molecule has 7 nitrogen and oxygen atoms in total. The van der Waals surface area contributed by atoms with Gasteiger partial charge in [0.1, 0.15) is 10.8 Å². The van der Waals surface area contributed by atoms with Crippen LogP contribution in [0.1, 0.15) is 50.9 Å². The first-order valence-corrected chi connectivity index (χ1v) is 12.9. The zero-order valence-electron chi connectivity index (χ0n) is 19.9. The Labute approximate surface area is 223 Å². The fraction of sp³-hybridized carbons (Fsp3) is 0.269. The van der Waals surface area contributed by atoms with Crippen LogP contribution in [0, 0.1) is 6.92 Å². The number of anilines is 1. The molecule has 0 radical (unpaired) electrons. The lowest BCUT2D eigenvalue weighted by atomic mass is 10.1. The molecule has 0 unspecified atom stereocenters. The summed E-state index contributed by atoms with van der Waals surface area (Å²) in [5.41, 5.74) is 1.59. The maximum atomic E-state index is 12.9. The Morgan fingerprint density at radius 1 is 1.06 bits per heavy atom. The number of ether oxygens (including phenoxy) is 2. The van der Waals surface area contributed by atoms with Gasteiger partial charge in [-0.05, 0) is 49.6 Å². The second-order valence-corrected chi connectivity index (χ2v) is 9.59. The van der Waals surface area contributed by atoms with Gasteiger partial charge in [0.15, 0.2) is 0 Å². The average Bonchev–Trinajstić information content (AvgIpc) is 3.17. The minimum Gasteiger partial charge on any atom is -0.492 e. The van der Waals surface area contributed by atoms with Crippen LogP contribution in [0.3, 0.4) is 0 Å². The quantitative estimate of drug-likeness (QED) is 0.217. The van der Waals surface area contributed by atoms with Crippen molar-refractivity contribution in [3.05, 3.63) is 80.1 Å². The summed E-state index contributed by atoms with van der Waals surface area (Å²) in [7, 11) is 0. The number of carbonyl (C=O) groups is 3. The zero-order chi connectivity index (χ0) is 26.1. The van der Waals surface area contributed by atoms with E-state index < -0.39 is 5.97 Å². The molecule has 10 heteroatoms. The van der Waals surface area contributed by atoms with Crippen LogP contribution in [0.5, 0.6) is 5.75 Å². The van der Waals surface area contributed by atoms with E-state index in [1.165, 1.54) is 0 Å². The average molecular weight is 549 g/mol. The Balaban J connectivity index is 1.64. The zero-order valence-corrected chi connectivity index (χ0v) is 22.2. The van der Waals surface area contributed by atoms with E-state index in [4.69, 9.17) is 32.7 Å². The number of amides is 2. The van der Waals surface area contributed by atoms with Crippen molar-refractivity contribution >= 4 is 57.3 Å². The van der Waals surface area contributed by atoms with Gasteiger partial charge >= 0.3 is 5.97 Å². The first-order valence-electron chi connectivity index (χ1n) is 11.3. The number of rotatable bonds is 11. The van der Waals surface area contributed by atoms with E-state index in [0.717, 1.165) is 16.9 Å². The topological polar surface area (TPSA) is 93.7 Å². The second-order valence-electron chi connectivity index (χ2n) is 7.72. The number of hydrogen-bond donors (Lipinski definition) is 2. The molecule has 1 aromatic heterocycles. The Hall–Kier alpha value is -3.07. The number of thiophene rings is 1. The fourth-order valence-electron chi connectivity index (χ4n) is 3.32. The Kier molecular flexibility index (Phi) is 10.2. The summed E-state index contributed by atoms with van der Waals surface area (Å²) in [4.78, 5) is 38.4. The molecule has 2 N–H and O–H groups in total. The lowest BCUT2D eigenvalue weighted by molar-refractivity contribution is -0.116. The molecule has 0 atom stereocenters. The van der Waals surface area contributed by atoms with Gasteiger partial charge in [-0.25, -0.2) is 4.79 Å². The molecule has 0 aliphatic heterocycles. The van der Waals surface area contributed by atoms with Crippen molar-refractivity contribution in [2.24, 2.45) is 0 Å². The van der Waals surface area contributed by atoms with Crippen LogP contribution < -0.4 is 15.4 Å². The van der Waals surface area contributed by atoms with Crippen molar-refractivity contribution < 1.29 is 23.9 Å². The van der Waals surface area contributed by atoms with Gasteiger partial charge in [0.05, 0.1) is 28.7 Å². The highest BCUT2D eigenvalue weighted by Crippen LogP contribution is 2.34. The molecule has 0 saturated heterocycles. The minimum absolute atomic E-state index is 0.139. The van der Waals surface area contributed by atoms with Crippen LogP contribution in [-0.4, -0.2) is 31.0 Å². The standard InChI is InChI=1S/C26H26Cl2N2O5S/c1-3-34-26(33)22-16(2)23(24(32)29-15-17-8-5-4-6-9-17)36-25(22)30-21(31)10-7-13-35-20-12-11-18(27)14-19(20)28/h4-6,8-9,11-12,14H,3,7,10,13,15H2,1-2H3,(H,29,32)(H,30,31). The van der Waals surface area contributed by atoms with E-state index in [2.05, 4.69) is 10.6 Å². The Bertz CT molecular complexity index is 1230. The largest absolute Gasteiger partial charge is 0.492 e. The van der Waals surface area contributed by atoms with Crippen LogP contribution in [-0.2, 0) is 16.1 Å². The highest BCUT2D eigenvalue weighted by molar-refractivity contribution is 7.18. The van der Waals surface area contributed by atoms with Crippen molar-refractivity contribution in [3.63, 3.8) is 0 Å².